The van der Waals surface area contributed by atoms with E-state index in [0.717, 1.165) is 56.8 Å². The van der Waals surface area contributed by atoms with Crippen LogP contribution in [-0.4, -0.2) is 56.1 Å². The number of rotatable bonds is 7. The lowest BCUT2D eigenvalue weighted by Crippen LogP contribution is -2.50. The molecule has 2 aromatic carbocycles. The number of morpholine rings is 1. The fraction of sp³-hybridized carbons (Fsp3) is 0.481. The van der Waals surface area contributed by atoms with Gasteiger partial charge >= 0.3 is 0 Å². The highest BCUT2D eigenvalue weighted by atomic mass is 19.1. The van der Waals surface area contributed by atoms with Crippen LogP contribution < -0.4 is 10.2 Å². The number of benzene rings is 2. The summed E-state index contributed by atoms with van der Waals surface area (Å²) in [5, 5.41) is 2.92. The standard InChI is InChI=1S/C27H34FN3O3/c1-2-30(26(33)27(13-4-3-5-14-27)21-7-6-8-22(28)19-21)20-25(32)29-23-9-11-24(12-10-23)31-15-17-34-18-16-31/h6-12,19H,2-5,13-18,20H2,1H3,(H,29,32). The summed E-state index contributed by atoms with van der Waals surface area (Å²) in [6.07, 6.45) is 4.26. The van der Waals surface area contributed by atoms with Gasteiger partial charge in [-0.2, -0.15) is 0 Å². The van der Waals surface area contributed by atoms with E-state index in [9.17, 15) is 14.0 Å². The molecule has 1 N–H and O–H groups in total. The van der Waals surface area contributed by atoms with Crippen LogP contribution in [0.4, 0.5) is 15.8 Å². The molecule has 4 rings (SSSR count). The monoisotopic (exact) mass is 467 g/mol. The summed E-state index contributed by atoms with van der Waals surface area (Å²) in [7, 11) is 0. The van der Waals surface area contributed by atoms with Gasteiger partial charge in [-0.25, -0.2) is 4.39 Å². The van der Waals surface area contributed by atoms with Crippen LogP contribution in [0.1, 0.15) is 44.6 Å². The average Bonchev–Trinajstić information content (AvgIpc) is 2.88. The van der Waals surface area contributed by atoms with Crippen molar-refractivity contribution >= 4 is 23.2 Å². The number of nitrogens with zero attached hydrogens (tertiary/aromatic N) is 2. The van der Waals surface area contributed by atoms with Crippen molar-refractivity contribution in [2.45, 2.75) is 44.4 Å². The highest BCUT2D eigenvalue weighted by Gasteiger charge is 2.43. The Bertz CT molecular complexity index is 983. The van der Waals surface area contributed by atoms with Crippen molar-refractivity contribution in [1.82, 2.24) is 4.90 Å². The van der Waals surface area contributed by atoms with Gasteiger partial charge in [-0.05, 0) is 61.7 Å². The van der Waals surface area contributed by atoms with E-state index in [1.165, 1.54) is 12.1 Å². The number of halogens is 1. The third-order valence-corrected chi connectivity index (χ3v) is 7.02. The predicted octanol–water partition coefficient (Wildman–Crippen LogP) is 4.35. The normalized spacial score (nSPS) is 17.8. The summed E-state index contributed by atoms with van der Waals surface area (Å²) in [4.78, 5) is 30.5. The second-order valence-electron chi connectivity index (χ2n) is 9.17. The van der Waals surface area contributed by atoms with E-state index in [2.05, 4.69) is 10.2 Å². The Kier molecular flexibility index (Phi) is 7.83. The molecule has 34 heavy (non-hydrogen) atoms. The zero-order valence-corrected chi connectivity index (χ0v) is 19.9. The molecule has 6 nitrogen and oxygen atoms in total. The van der Waals surface area contributed by atoms with Gasteiger partial charge in [0.15, 0.2) is 0 Å². The highest BCUT2D eigenvalue weighted by molar-refractivity contribution is 5.97. The third-order valence-electron chi connectivity index (χ3n) is 7.02. The van der Waals surface area contributed by atoms with E-state index in [-0.39, 0.29) is 24.2 Å². The molecule has 0 aromatic heterocycles. The van der Waals surface area contributed by atoms with Gasteiger partial charge in [0.05, 0.1) is 25.2 Å². The number of amides is 2. The lowest BCUT2D eigenvalue weighted by atomic mass is 9.68. The quantitative estimate of drug-likeness (QED) is 0.658. The van der Waals surface area contributed by atoms with Crippen LogP contribution in [0.15, 0.2) is 48.5 Å². The molecule has 0 radical (unpaired) electrons. The fourth-order valence-electron chi connectivity index (χ4n) is 5.15. The zero-order valence-electron chi connectivity index (χ0n) is 19.9. The van der Waals surface area contributed by atoms with E-state index in [0.29, 0.717) is 25.1 Å². The molecule has 1 aliphatic carbocycles. The molecule has 1 heterocycles. The van der Waals surface area contributed by atoms with Gasteiger partial charge < -0.3 is 19.9 Å². The molecule has 1 saturated heterocycles. The molecule has 2 amide bonds. The number of carbonyl (C=O) groups is 2. The number of likely N-dealkylation sites (N-methyl/N-ethyl adjacent to an activating group) is 1. The maximum Gasteiger partial charge on any atom is 0.243 e. The van der Waals surface area contributed by atoms with Gasteiger partial charge in [-0.15, -0.1) is 0 Å². The Morgan fingerprint density at radius 1 is 1.06 bits per heavy atom. The average molecular weight is 468 g/mol. The van der Waals surface area contributed by atoms with Crippen LogP contribution in [-0.2, 0) is 19.7 Å². The van der Waals surface area contributed by atoms with Gasteiger partial charge in [0.2, 0.25) is 11.8 Å². The molecule has 7 heteroatoms. The van der Waals surface area contributed by atoms with Gasteiger partial charge in [0, 0.05) is 31.0 Å². The molecule has 0 bridgehead atoms. The summed E-state index contributed by atoms with van der Waals surface area (Å²) in [5.41, 5.74) is 1.75. The molecule has 182 valence electrons. The number of nitrogens with one attached hydrogen (secondary N) is 1. The van der Waals surface area contributed by atoms with Gasteiger partial charge in [0.1, 0.15) is 5.82 Å². The Labute approximate surface area is 201 Å². The Balaban J connectivity index is 1.44. The molecule has 0 spiro atoms. The third kappa shape index (κ3) is 5.41. The molecule has 2 aromatic rings. The van der Waals surface area contributed by atoms with E-state index >= 15 is 0 Å². The molecule has 1 saturated carbocycles. The maximum atomic E-state index is 14.0. The van der Waals surface area contributed by atoms with Crippen LogP contribution in [0.2, 0.25) is 0 Å². The van der Waals surface area contributed by atoms with E-state index in [4.69, 9.17) is 4.74 Å². The van der Waals surface area contributed by atoms with Crippen molar-refractivity contribution in [2.75, 3.05) is 49.6 Å². The van der Waals surface area contributed by atoms with Crippen molar-refractivity contribution < 1.29 is 18.7 Å². The topological polar surface area (TPSA) is 61.9 Å². The number of carbonyl (C=O) groups excluding carboxylic acids is 2. The Hall–Kier alpha value is -2.93. The second kappa shape index (κ2) is 11.0. The van der Waals surface area contributed by atoms with Crippen LogP contribution in [0.25, 0.3) is 0 Å². The highest BCUT2D eigenvalue weighted by Crippen LogP contribution is 2.41. The fourth-order valence-corrected chi connectivity index (χ4v) is 5.15. The van der Waals surface area contributed by atoms with Crippen LogP contribution in [0.5, 0.6) is 0 Å². The number of hydrogen-bond donors (Lipinski definition) is 1. The van der Waals surface area contributed by atoms with Crippen LogP contribution in [0.3, 0.4) is 0 Å². The first-order chi connectivity index (χ1) is 16.5. The van der Waals surface area contributed by atoms with Crippen molar-refractivity contribution in [2.24, 2.45) is 0 Å². The number of anilines is 2. The minimum absolute atomic E-state index is 0.0301. The van der Waals surface area contributed by atoms with Crippen molar-refractivity contribution in [3.8, 4) is 0 Å². The van der Waals surface area contributed by atoms with Crippen molar-refractivity contribution in [3.63, 3.8) is 0 Å². The van der Waals surface area contributed by atoms with Crippen molar-refractivity contribution in [1.29, 1.82) is 0 Å². The molecular formula is C27H34FN3O3. The summed E-state index contributed by atoms with van der Waals surface area (Å²) in [6, 6.07) is 14.1. The molecule has 2 fully saturated rings. The minimum atomic E-state index is -0.767. The van der Waals surface area contributed by atoms with Crippen LogP contribution >= 0.6 is 0 Å². The summed E-state index contributed by atoms with van der Waals surface area (Å²) in [6.45, 7) is 5.41. The smallest absolute Gasteiger partial charge is 0.243 e. The summed E-state index contributed by atoms with van der Waals surface area (Å²) < 4.78 is 19.4. The predicted molar refractivity (Wildman–Crippen MR) is 132 cm³/mol. The van der Waals surface area contributed by atoms with E-state index < -0.39 is 5.41 Å². The number of ether oxygens (including phenoxy) is 1. The zero-order chi connectivity index (χ0) is 24.0. The maximum absolute atomic E-state index is 14.0. The second-order valence-corrected chi connectivity index (χ2v) is 9.17. The van der Waals surface area contributed by atoms with Crippen LogP contribution in [0, 0.1) is 5.82 Å². The van der Waals surface area contributed by atoms with Gasteiger partial charge in [-0.1, -0.05) is 31.4 Å². The van der Waals surface area contributed by atoms with E-state index in [1.54, 1.807) is 11.0 Å². The van der Waals surface area contributed by atoms with E-state index in [1.807, 2.05) is 37.3 Å². The summed E-state index contributed by atoms with van der Waals surface area (Å²) in [5.74, 6) is -0.658. The summed E-state index contributed by atoms with van der Waals surface area (Å²) >= 11 is 0. The van der Waals surface area contributed by atoms with Gasteiger partial charge in [-0.3, -0.25) is 9.59 Å². The Morgan fingerprint density at radius 2 is 1.76 bits per heavy atom. The minimum Gasteiger partial charge on any atom is -0.378 e. The largest absolute Gasteiger partial charge is 0.378 e. The SMILES string of the molecule is CCN(CC(=O)Nc1ccc(N2CCOCC2)cc1)C(=O)C1(c2cccc(F)c2)CCCCC1. The molecule has 2 aliphatic rings. The number of hydrogen-bond acceptors (Lipinski definition) is 4. The first-order valence-corrected chi connectivity index (χ1v) is 12.3. The molecule has 0 unspecified atom stereocenters. The Morgan fingerprint density at radius 3 is 2.41 bits per heavy atom. The lowest BCUT2D eigenvalue weighted by molar-refractivity contribution is -0.141. The molecular weight excluding hydrogens is 433 g/mol. The first kappa shape index (κ1) is 24.2. The van der Waals surface area contributed by atoms with Crippen molar-refractivity contribution in [3.05, 3.63) is 59.9 Å². The first-order valence-electron chi connectivity index (χ1n) is 12.3. The molecule has 0 atom stereocenters. The lowest BCUT2D eigenvalue weighted by Gasteiger charge is -2.40. The molecule has 1 aliphatic heterocycles. The van der Waals surface area contributed by atoms with Gasteiger partial charge in [0.25, 0.3) is 0 Å².